The van der Waals surface area contributed by atoms with E-state index in [-0.39, 0.29) is 0 Å². The highest BCUT2D eigenvalue weighted by atomic mass is 32.1. The van der Waals surface area contributed by atoms with E-state index in [0.717, 1.165) is 12.5 Å². The van der Waals surface area contributed by atoms with Crippen LogP contribution in [0.1, 0.15) is 24.0 Å². The van der Waals surface area contributed by atoms with Crippen LogP contribution < -0.4 is 5.32 Å². The van der Waals surface area contributed by atoms with Gasteiger partial charge >= 0.3 is 0 Å². The molecule has 0 bridgehead atoms. The Bertz CT molecular complexity index is 337. The van der Waals surface area contributed by atoms with E-state index in [1.54, 1.807) is 11.3 Å². The summed E-state index contributed by atoms with van der Waals surface area (Å²) in [5, 5.41) is 6.84. The summed E-state index contributed by atoms with van der Waals surface area (Å²) in [6, 6.07) is 0.666. The van der Waals surface area contributed by atoms with E-state index in [1.165, 1.54) is 30.2 Å². The maximum Gasteiger partial charge on any atom is 0.0897 e. The van der Waals surface area contributed by atoms with E-state index >= 15 is 0 Å². The van der Waals surface area contributed by atoms with E-state index in [9.17, 15) is 0 Å². The van der Waals surface area contributed by atoms with Gasteiger partial charge in [-0.15, -0.1) is 11.3 Å². The van der Waals surface area contributed by atoms with Crippen molar-refractivity contribution in [3.63, 3.8) is 0 Å². The number of aromatic nitrogens is 1. The molecular formula is C12H21N3S. The molecule has 0 aromatic carbocycles. The lowest BCUT2D eigenvalue weighted by Crippen LogP contribution is -2.32. The van der Waals surface area contributed by atoms with E-state index in [0.29, 0.717) is 6.04 Å². The van der Waals surface area contributed by atoms with Gasteiger partial charge in [0.25, 0.3) is 0 Å². The molecular weight excluding hydrogens is 218 g/mol. The standard InChI is InChI=1S/C12H21N3S/c1-9-11(4-5-13-9)6-15(3)7-12-8-16-10(2)14-12/h8-9,11,13H,4-7H2,1-3H3. The highest BCUT2D eigenvalue weighted by Crippen LogP contribution is 2.17. The lowest BCUT2D eigenvalue weighted by molar-refractivity contribution is 0.257. The molecule has 0 aliphatic carbocycles. The number of hydrogen-bond acceptors (Lipinski definition) is 4. The van der Waals surface area contributed by atoms with Crippen LogP contribution >= 0.6 is 11.3 Å². The normalized spacial score (nSPS) is 25.5. The van der Waals surface area contributed by atoms with Gasteiger partial charge in [0.1, 0.15) is 0 Å². The quantitative estimate of drug-likeness (QED) is 0.869. The van der Waals surface area contributed by atoms with Crippen LogP contribution in [-0.2, 0) is 6.54 Å². The van der Waals surface area contributed by atoms with Gasteiger partial charge in [0.05, 0.1) is 10.7 Å². The largest absolute Gasteiger partial charge is 0.314 e. The summed E-state index contributed by atoms with van der Waals surface area (Å²) in [5.74, 6) is 0.796. The Morgan fingerprint density at radius 3 is 3.00 bits per heavy atom. The van der Waals surface area contributed by atoms with Gasteiger partial charge in [0.15, 0.2) is 0 Å². The number of nitrogens with one attached hydrogen (secondary N) is 1. The Kier molecular flexibility index (Phi) is 3.95. The molecule has 1 aliphatic heterocycles. The molecule has 1 saturated heterocycles. The summed E-state index contributed by atoms with van der Waals surface area (Å²) < 4.78 is 0. The Morgan fingerprint density at radius 2 is 2.44 bits per heavy atom. The van der Waals surface area contributed by atoms with Gasteiger partial charge in [-0.3, -0.25) is 0 Å². The van der Waals surface area contributed by atoms with Crippen LogP contribution in [0.5, 0.6) is 0 Å². The number of thiazole rings is 1. The molecule has 1 aliphatic rings. The van der Waals surface area contributed by atoms with Crippen LogP contribution in [-0.4, -0.2) is 36.1 Å². The van der Waals surface area contributed by atoms with Gasteiger partial charge in [-0.1, -0.05) is 0 Å². The van der Waals surface area contributed by atoms with Crippen molar-refractivity contribution in [3.8, 4) is 0 Å². The molecule has 1 aromatic rings. The van der Waals surface area contributed by atoms with Crippen LogP contribution in [0.15, 0.2) is 5.38 Å². The maximum absolute atomic E-state index is 4.51. The van der Waals surface area contributed by atoms with Crippen molar-refractivity contribution in [1.29, 1.82) is 0 Å². The van der Waals surface area contributed by atoms with Crippen LogP contribution in [0.4, 0.5) is 0 Å². The van der Waals surface area contributed by atoms with Gasteiger partial charge in [0.2, 0.25) is 0 Å². The average Bonchev–Trinajstić information content (AvgIpc) is 2.77. The van der Waals surface area contributed by atoms with E-state index in [2.05, 4.69) is 41.5 Å². The molecule has 1 fully saturated rings. The Morgan fingerprint density at radius 1 is 1.62 bits per heavy atom. The van der Waals surface area contributed by atoms with E-state index in [1.807, 2.05) is 0 Å². The second kappa shape index (κ2) is 5.25. The fraction of sp³-hybridized carbons (Fsp3) is 0.750. The van der Waals surface area contributed by atoms with Crippen molar-refractivity contribution in [2.75, 3.05) is 20.1 Å². The minimum Gasteiger partial charge on any atom is -0.314 e. The zero-order valence-electron chi connectivity index (χ0n) is 10.4. The first kappa shape index (κ1) is 12.0. The SMILES string of the molecule is Cc1nc(CN(C)CC2CCNC2C)cs1. The predicted molar refractivity (Wildman–Crippen MR) is 68.8 cm³/mol. The number of aryl methyl sites for hydroxylation is 1. The predicted octanol–water partition coefficient (Wildman–Crippen LogP) is 1.88. The van der Waals surface area contributed by atoms with E-state index < -0.39 is 0 Å². The third-order valence-electron chi connectivity index (χ3n) is 3.33. The fourth-order valence-electron chi connectivity index (χ4n) is 2.38. The van der Waals surface area contributed by atoms with Crippen LogP contribution in [0.3, 0.4) is 0 Å². The topological polar surface area (TPSA) is 28.2 Å². The highest BCUT2D eigenvalue weighted by Gasteiger charge is 2.23. The second-order valence-corrected chi connectivity index (χ2v) is 5.91. The van der Waals surface area contributed by atoms with Crippen molar-refractivity contribution in [2.24, 2.45) is 5.92 Å². The minimum absolute atomic E-state index is 0.666. The van der Waals surface area contributed by atoms with Crippen LogP contribution in [0.25, 0.3) is 0 Å². The molecule has 2 heterocycles. The Balaban J connectivity index is 1.82. The first-order valence-corrected chi connectivity index (χ1v) is 6.86. The summed E-state index contributed by atoms with van der Waals surface area (Å²) in [4.78, 5) is 6.90. The summed E-state index contributed by atoms with van der Waals surface area (Å²) in [6.07, 6.45) is 1.31. The van der Waals surface area contributed by atoms with Gasteiger partial charge in [-0.2, -0.15) is 0 Å². The first-order chi connectivity index (χ1) is 7.65. The zero-order valence-corrected chi connectivity index (χ0v) is 11.2. The average molecular weight is 239 g/mol. The first-order valence-electron chi connectivity index (χ1n) is 5.98. The van der Waals surface area contributed by atoms with Crippen molar-refractivity contribution >= 4 is 11.3 Å². The minimum atomic E-state index is 0.666. The van der Waals surface area contributed by atoms with Gasteiger partial charge in [0, 0.05) is 24.5 Å². The molecule has 2 unspecified atom stereocenters. The number of rotatable bonds is 4. The maximum atomic E-state index is 4.51. The van der Waals surface area contributed by atoms with Gasteiger partial charge < -0.3 is 10.2 Å². The number of hydrogen-bond donors (Lipinski definition) is 1. The zero-order chi connectivity index (χ0) is 11.5. The van der Waals surface area contributed by atoms with Gasteiger partial charge in [-0.25, -0.2) is 4.98 Å². The van der Waals surface area contributed by atoms with Crippen molar-refractivity contribution in [3.05, 3.63) is 16.1 Å². The summed E-state index contributed by atoms with van der Waals surface area (Å²) in [6.45, 7) is 7.68. The molecule has 3 nitrogen and oxygen atoms in total. The molecule has 0 amide bonds. The van der Waals surface area contributed by atoms with Gasteiger partial charge in [-0.05, 0) is 39.8 Å². The fourth-order valence-corrected chi connectivity index (χ4v) is 2.99. The highest BCUT2D eigenvalue weighted by molar-refractivity contribution is 7.09. The molecule has 0 spiro atoms. The third kappa shape index (κ3) is 3.03. The molecule has 90 valence electrons. The molecule has 4 heteroatoms. The second-order valence-electron chi connectivity index (χ2n) is 4.85. The molecule has 0 radical (unpaired) electrons. The van der Waals surface area contributed by atoms with Crippen molar-refractivity contribution < 1.29 is 0 Å². The molecule has 0 saturated carbocycles. The number of nitrogens with zero attached hydrogens (tertiary/aromatic N) is 2. The molecule has 2 rings (SSSR count). The molecule has 1 aromatic heterocycles. The summed E-state index contributed by atoms with van der Waals surface area (Å²) in [7, 11) is 2.19. The smallest absolute Gasteiger partial charge is 0.0897 e. The van der Waals surface area contributed by atoms with Crippen molar-refractivity contribution in [1.82, 2.24) is 15.2 Å². The lowest BCUT2D eigenvalue weighted by atomic mass is 10.0. The third-order valence-corrected chi connectivity index (χ3v) is 4.16. The Labute approximate surface area is 102 Å². The van der Waals surface area contributed by atoms with Crippen LogP contribution in [0.2, 0.25) is 0 Å². The molecule has 1 N–H and O–H groups in total. The summed E-state index contributed by atoms with van der Waals surface area (Å²) in [5.41, 5.74) is 1.21. The van der Waals surface area contributed by atoms with Crippen molar-refractivity contribution in [2.45, 2.75) is 32.9 Å². The summed E-state index contributed by atoms with van der Waals surface area (Å²) >= 11 is 1.74. The molecule has 16 heavy (non-hydrogen) atoms. The lowest BCUT2D eigenvalue weighted by Gasteiger charge is -2.22. The van der Waals surface area contributed by atoms with E-state index in [4.69, 9.17) is 0 Å². The monoisotopic (exact) mass is 239 g/mol. The Hall–Kier alpha value is -0.450. The van der Waals surface area contributed by atoms with Crippen LogP contribution in [0, 0.1) is 12.8 Å². The molecule has 2 atom stereocenters.